The summed E-state index contributed by atoms with van der Waals surface area (Å²) in [6.07, 6.45) is -5.49. The van der Waals surface area contributed by atoms with Crippen LogP contribution in [0.25, 0.3) is 0 Å². The van der Waals surface area contributed by atoms with Crippen molar-refractivity contribution < 1.29 is 18.3 Å². The van der Waals surface area contributed by atoms with Crippen molar-refractivity contribution in [1.82, 2.24) is 0 Å². The zero-order valence-electron chi connectivity index (χ0n) is 9.70. The molecular weight excluding hydrogens is 231 g/mol. The van der Waals surface area contributed by atoms with E-state index in [1.165, 1.54) is 12.1 Å². The molecule has 0 saturated heterocycles. The van der Waals surface area contributed by atoms with E-state index in [1.807, 2.05) is 13.8 Å². The molecular formula is C12H16F3NO. The van der Waals surface area contributed by atoms with Gasteiger partial charge in [0.25, 0.3) is 0 Å². The molecule has 0 aliphatic carbocycles. The molecule has 0 aliphatic rings. The van der Waals surface area contributed by atoms with Gasteiger partial charge in [-0.25, -0.2) is 0 Å². The lowest BCUT2D eigenvalue weighted by Crippen LogP contribution is -2.33. The lowest BCUT2D eigenvalue weighted by molar-refractivity contribution is -0.137. The van der Waals surface area contributed by atoms with Gasteiger partial charge in [-0.3, -0.25) is 0 Å². The Morgan fingerprint density at radius 2 is 1.82 bits per heavy atom. The second-order valence-electron chi connectivity index (χ2n) is 4.39. The fourth-order valence-electron chi connectivity index (χ4n) is 1.49. The number of benzene rings is 1. The van der Waals surface area contributed by atoms with Gasteiger partial charge >= 0.3 is 6.18 Å². The number of halogens is 3. The van der Waals surface area contributed by atoms with Crippen molar-refractivity contribution in [3.05, 3.63) is 35.4 Å². The second kappa shape index (κ2) is 5.06. The number of aliphatic hydroxyl groups is 1. The maximum absolute atomic E-state index is 12.5. The number of hydrogen-bond acceptors (Lipinski definition) is 2. The predicted octanol–water partition coefficient (Wildman–Crippen LogP) is 2.72. The van der Waals surface area contributed by atoms with Gasteiger partial charge in [0.15, 0.2) is 0 Å². The van der Waals surface area contributed by atoms with Crippen LogP contribution in [0.4, 0.5) is 13.2 Å². The quantitative estimate of drug-likeness (QED) is 0.862. The van der Waals surface area contributed by atoms with Gasteiger partial charge in [-0.05, 0) is 23.6 Å². The first kappa shape index (κ1) is 14.0. The van der Waals surface area contributed by atoms with E-state index in [2.05, 4.69) is 0 Å². The van der Waals surface area contributed by atoms with E-state index in [0.29, 0.717) is 0 Å². The molecule has 0 amide bonds. The molecule has 0 saturated carbocycles. The first-order valence-electron chi connectivity index (χ1n) is 5.34. The summed E-state index contributed by atoms with van der Waals surface area (Å²) in [4.78, 5) is 0. The minimum Gasteiger partial charge on any atom is -0.387 e. The molecule has 2 atom stereocenters. The molecule has 1 rings (SSSR count). The van der Waals surface area contributed by atoms with Gasteiger partial charge in [0, 0.05) is 6.04 Å². The van der Waals surface area contributed by atoms with E-state index in [4.69, 9.17) is 5.73 Å². The summed E-state index contributed by atoms with van der Waals surface area (Å²) in [5.74, 6) is -0.0143. The number of nitrogens with two attached hydrogens (primary N) is 1. The topological polar surface area (TPSA) is 46.2 Å². The standard InChI is InChI=1S/C12H16F3NO/c1-7(2)10(16)11(17)8-4-3-5-9(6-8)12(13,14)15/h3-7,10-11,17H,16H2,1-2H3. The fourth-order valence-corrected chi connectivity index (χ4v) is 1.49. The molecule has 2 nitrogen and oxygen atoms in total. The minimum atomic E-state index is -4.41. The van der Waals surface area contributed by atoms with Gasteiger partial charge in [-0.1, -0.05) is 26.0 Å². The first-order chi connectivity index (χ1) is 7.73. The van der Waals surface area contributed by atoms with Crippen LogP contribution in [0.5, 0.6) is 0 Å². The second-order valence-corrected chi connectivity index (χ2v) is 4.39. The largest absolute Gasteiger partial charge is 0.416 e. The van der Waals surface area contributed by atoms with Crippen molar-refractivity contribution in [2.45, 2.75) is 32.2 Å². The third kappa shape index (κ3) is 3.44. The van der Waals surface area contributed by atoms with Crippen molar-refractivity contribution >= 4 is 0 Å². The van der Waals surface area contributed by atoms with Gasteiger partial charge in [0.2, 0.25) is 0 Å². The molecule has 0 bridgehead atoms. The molecule has 0 aromatic heterocycles. The van der Waals surface area contributed by atoms with E-state index >= 15 is 0 Å². The Kier molecular flexibility index (Phi) is 4.16. The van der Waals surface area contributed by atoms with Crippen molar-refractivity contribution in [2.75, 3.05) is 0 Å². The number of alkyl halides is 3. The van der Waals surface area contributed by atoms with Gasteiger partial charge < -0.3 is 10.8 Å². The Balaban J connectivity index is 3.00. The minimum absolute atomic E-state index is 0.0143. The van der Waals surface area contributed by atoms with E-state index in [-0.39, 0.29) is 11.5 Å². The van der Waals surface area contributed by atoms with Crippen molar-refractivity contribution in [1.29, 1.82) is 0 Å². The molecule has 5 heteroatoms. The van der Waals surface area contributed by atoms with Gasteiger partial charge in [0.05, 0.1) is 11.7 Å². The van der Waals surface area contributed by atoms with Crippen LogP contribution < -0.4 is 5.73 Å². The van der Waals surface area contributed by atoms with Crippen molar-refractivity contribution in [3.63, 3.8) is 0 Å². The maximum atomic E-state index is 12.5. The molecule has 17 heavy (non-hydrogen) atoms. The number of aliphatic hydroxyl groups excluding tert-OH is 1. The Morgan fingerprint density at radius 1 is 1.24 bits per heavy atom. The summed E-state index contributed by atoms with van der Waals surface area (Å²) in [6.45, 7) is 3.61. The Morgan fingerprint density at radius 3 is 2.29 bits per heavy atom. The SMILES string of the molecule is CC(C)C(N)C(O)c1cccc(C(F)(F)F)c1. The van der Waals surface area contributed by atoms with Crippen molar-refractivity contribution in [3.8, 4) is 0 Å². The molecule has 96 valence electrons. The lowest BCUT2D eigenvalue weighted by atomic mass is 9.93. The summed E-state index contributed by atoms with van der Waals surface area (Å²) in [6, 6.07) is 4.04. The highest BCUT2D eigenvalue weighted by Crippen LogP contribution is 2.31. The van der Waals surface area contributed by atoms with Crippen LogP contribution in [0.15, 0.2) is 24.3 Å². The highest BCUT2D eigenvalue weighted by Gasteiger charge is 2.31. The van der Waals surface area contributed by atoms with Gasteiger partial charge in [-0.15, -0.1) is 0 Å². The maximum Gasteiger partial charge on any atom is 0.416 e. The summed E-state index contributed by atoms with van der Waals surface area (Å²) < 4.78 is 37.4. The average molecular weight is 247 g/mol. The van der Waals surface area contributed by atoms with Crippen LogP contribution in [0.1, 0.15) is 31.1 Å². The lowest BCUT2D eigenvalue weighted by Gasteiger charge is -2.23. The Hall–Kier alpha value is -1.07. The third-order valence-electron chi connectivity index (χ3n) is 2.69. The smallest absolute Gasteiger partial charge is 0.387 e. The molecule has 1 aromatic rings. The first-order valence-corrected chi connectivity index (χ1v) is 5.34. The van der Waals surface area contributed by atoms with Crippen LogP contribution in [0.3, 0.4) is 0 Å². The van der Waals surface area contributed by atoms with Crippen LogP contribution in [0, 0.1) is 5.92 Å². The highest BCUT2D eigenvalue weighted by atomic mass is 19.4. The fraction of sp³-hybridized carbons (Fsp3) is 0.500. The van der Waals surface area contributed by atoms with Crippen LogP contribution in [-0.2, 0) is 6.18 Å². The molecule has 0 spiro atoms. The summed E-state index contributed by atoms with van der Waals surface area (Å²) >= 11 is 0. The Labute approximate surface area is 98.3 Å². The van der Waals surface area contributed by atoms with Crippen LogP contribution in [-0.4, -0.2) is 11.1 Å². The highest BCUT2D eigenvalue weighted by molar-refractivity contribution is 5.28. The average Bonchev–Trinajstić information content (AvgIpc) is 2.26. The van der Waals surface area contributed by atoms with Gasteiger partial charge in [0.1, 0.15) is 0 Å². The predicted molar refractivity (Wildman–Crippen MR) is 59.2 cm³/mol. The van der Waals surface area contributed by atoms with Crippen LogP contribution in [0.2, 0.25) is 0 Å². The number of hydrogen-bond donors (Lipinski definition) is 2. The molecule has 3 N–H and O–H groups in total. The van der Waals surface area contributed by atoms with Crippen molar-refractivity contribution in [2.24, 2.45) is 11.7 Å². The summed E-state index contributed by atoms with van der Waals surface area (Å²) in [5, 5.41) is 9.86. The third-order valence-corrected chi connectivity index (χ3v) is 2.69. The number of rotatable bonds is 3. The van der Waals surface area contributed by atoms with E-state index < -0.39 is 23.9 Å². The van der Waals surface area contributed by atoms with Gasteiger partial charge in [-0.2, -0.15) is 13.2 Å². The summed E-state index contributed by atoms with van der Waals surface area (Å²) in [5.41, 5.74) is 5.14. The summed E-state index contributed by atoms with van der Waals surface area (Å²) in [7, 11) is 0. The van der Waals surface area contributed by atoms with E-state index in [9.17, 15) is 18.3 Å². The molecule has 2 unspecified atom stereocenters. The normalized spacial score (nSPS) is 16.0. The molecule has 0 heterocycles. The van der Waals surface area contributed by atoms with E-state index in [0.717, 1.165) is 12.1 Å². The van der Waals surface area contributed by atoms with Crippen LogP contribution >= 0.6 is 0 Å². The Bertz CT molecular complexity index is 376. The monoisotopic (exact) mass is 247 g/mol. The molecule has 0 radical (unpaired) electrons. The molecule has 0 aliphatic heterocycles. The zero-order valence-corrected chi connectivity index (χ0v) is 9.70. The molecule has 1 aromatic carbocycles. The molecule has 0 fully saturated rings. The van der Waals surface area contributed by atoms with E-state index in [1.54, 1.807) is 0 Å². The zero-order chi connectivity index (χ0) is 13.2.